The Hall–Kier alpha value is -1.84. The first-order chi connectivity index (χ1) is 8.58. The average molecular weight is 246 g/mol. The molecule has 0 amide bonds. The number of carbonyl (C=O) groups excluding carboxylic acids is 1. The van der Waals surface area contributed by atoms with Crippen LogP contribution in [-0.2, 0) is 11.2 Å². The second-order valence-corrected chi connectivity index (χ2v) is 4.88. The predicted molar refractivity (Wildman–Crippen MR) is 69.9 cm³/mol. The molecular formula is C14H18N2O2. The van der Waals surface area contributed by atoms with Crippen LogP contribution in [-0.4, -0.2) is 22.3 Å². The average Bonchev–Trinajstić information content (AvgIpc) is 2.68. The van der Waals surface area contributed by atoms with Gasteiger partial charge in [0.15, 0.2) is 0 Å². The molecule has 0 fully saturated rings. The zero-order valence-electron chi connectivity index (χ0n) is 11.0. The molecule has 0 aromatic carbocycles. The molecule has 2 heterocycles. The van der Waals surface area contributed by atoms with Crippen LogP contribution >= 0.6 is 0 Å². The van der Waals surface area contributed by atoms with Crippen LogP contribution in [0.3, 0.4) is 0 Å². The van der Waals surface area contributed by atoms with Crippen molar-refractivity contribution in [3.8, 4) is 5.75 Å². The molecule has 0 spiro atoms. The molecule has 18 heavy (non-hydrogen) atoms. The number of Topliss-reactive ketones (excluding diaryl/α,β-unsaturated/α-hetero) is 1. The van der Waals surface area contributed by atoms with Crippen LogP contribution in [0.25, 0.3) is 5.65 Å². The quantitative estimate of drug-likeness (QED) is 0.814. The second kappa shape index (κ2) is 5.21. The highest BCUT2D eigenvalue weighted by molar-refractivity contribution is 5.80. The van der Waals surface area contributed by atoms with Crippen molar-refractivity contribution < 1.29 is 9.53 Å². The van der Waals surface area contributed by atoms with Crippen molar-refractivity contribution in [1.29, 1.82) is 0 Å². The Labute approximate surface area is 107 Å². The Morgan fingerprint density at radius 1 is 1.50 bits per heavy atom. The van der Waals surface area contributed by atoms with E-state index in [-0.39, 0.29) is 5.78 Å². The summed E-state index contributed by atoms with van der Waals surface area (Å²) in [5.74, 6) is 1.41. The molecule has 0 aliphatic heterocycles. The summed E-state index contributed by atoms with van der Waals surface area (Å²) in [6.45, 7) is 4.10. The SMILES string of the molecule is COc1ccn2cc(CC(=O)CC(C)C)nc2c1. The molecule has 4 nitrogen and oxygen atoms in total. The van der Waals surface area contributed by atoms with Crippen molar-refractivity contribution in [2.75, 3.05) is 7.11 Å². The van der Waals surface area contributed by atoms with E-state index in [1.54, 1.807) is 7.11 Å². The van der Waals surface area contributed by atoms with Gasteiger partial charge in [-0.2, -0.15) is 0 Å². The number of nitrogens with zero attached hydrogens (tertiary/aromatic N) is 2. The van der Waals surface area contributed by atoms with E-state index in [2.05, 4.69) is 4.98 Å². The molecular weight excluding hydrogens is 228 g/mol. The van der Waals surface area contributed by atoms with Gasteiger partial charge in [-0.3, -0.25) is 4.79 Å². The molecule has 0 bridgehead atoms. The van der Waals surface area contributed by atoms with E-state index in [9.17, 15) is 4.79 Å². The number of rotatable bonds is 5. The summed E-state index contributed by atoms with van der Waals surface area (Å²) in [5.41, 5.74) is 1.62. The molecule has 0 radical (unpaired) electrons. The lowest BCUT2D eigenvalue weighted by atomic mass is 10.0. The fourth-order valence-corrected chi connectivity index (χ4v) is 1.96. The fourth-order valence-electron chi connectivity index (χ4n) is 1.96. The second-order valence-electron chi connectivity index (χ2n) is 4.88. The fraction of sp³-hybridized carbons (Fsp3) is 0.429. The standard InChI is InChI=1S/C14H18N2O2/c1-10(2)6-12(17)7-11-9-16-5-4-13(18-3)8-14(16)15-11/h4-5,8-10H,6-7H2,1-3H3. The van der Waals surface area contributed by atoms with Crippen LogP contribution in [0.1, 0.15) is 26.0 Å². The predicted octanol–water partition coefficient (Wildman–Crippen LogP) is 2.50. The monoisotopic (exact) mass is 246 g/mol. The van der Waals surface area contributed by atoms with E-state index in [0.717, 1.165) is 17.1 Å². The molecule has 2 rings (SSSR count). The molecule has 0 saturated carbocycles. The lowest BCUT2D eigenvalue weighted by Crippen LogP contribution is -2.06. The topological polar surface area (TPSA) is 43.6 Å². The summed E-state index contributed by atoms with van der Waals surface area (Å²) in [6.07, 6.45) is 4.80. The van der Waals surface area contributed by atoms with E-state index in [4.69, 9.17) is 4.74 Å². The molecule has 96 valence electrons. The van der Waals surface area contributed by atoms with Gasteiger partial charge in [-0.05, 0) is 12.0 Å². The van der Waals surface area contributed by atoms with Crippen molar-refractivity contribution in [3.63, 3.8) is 0 Å². The van der Waals surface area contributed by atoms with Gasteiger partial charge in [0.2, 0.25) is 0 Å². The lowest BCUT2D eigenvalue weighted by molar-refractivity contribution is -0.119. The van der Waals surface area contributed by atoms with Crippen molar-refractivity contribution in [2.24, 2.45) is 5.92 Å². The normalized spacial score (nSPS) is 11.1. The number of imidazole rings is 1. The molecule has 0 aliphatic rings. The van der Waals surface area contributed by atoms with E-state index >= 15 is 0 Å². The minimum atomic E-state index is 0.236. The Morgan fingerprint density at radius 3 is 2.94 bits per heavy atom. The third-order valence-electron chi connectivity index (χ3n) is 2.73. The minimum absolute atomic E-state index is 0.236. The molecule has 4 heteroatoms. The highest BCUT2D eigenvalue weighted by Gasteiger charge is 2.09. The van der Waals surface area contributed by atoms with Gasteiger partial charge in [0.05, 0.1) is 19.2 Å². The van der Waals surface area contributed by atoms with Gasteiger partial charge in [-0.15, -0.1) is 0 Å². The lowest BCUT2D eigenvalue weighted by Gasteiger charge is -2.00. The number of aromatic nitrogens is 2. The maximum Gasteiger partial charge on any atom is 0.140 e. The molecule has 0 N–H and O–H groups in total. The molecule has 2 aromatic heterocycles. The van der Waals surface area contributed by atoms with Gasteiger partial charge in [-0.1, -0.05) is 13.8 Å². The number of methoxy groups -OCH3 is 1. The zero-order chi connectivity index (χ0) is 13.1. The maximum atomic E-state index is 11.7. The van der Waals surface area contributed by atoms with Gasteiger partial charge < -0.3 is 9.14 Å². The van der Waals surface area contributed by atoms with Crippen LogP contribution in [0.2, 0.25) is 0 Å². The van der Waals surface area contributed by atoms with Gasteiger partial charge in [0.1, 0.15) is 17.2 Å². The number of fused-ring (bicyclic) bond motifs is 1. The number of ether oxygens (including phenoxy) is 1. The van der Waals surface area contributed by atoms with Crippen molar-refractivity contribution in [2.45, 2.75) is 26.7 Å². The summed E-state index contributed by atoms with van der Waals surface area (Å²) < 4.78 is 7.05. The van der Waals surface area contributed by atoms with Crippen LogP contribution in [0.15, 0.2) is 24.5 Å². The van der Waals surface area contributed by atoms with Gasteiger partial charge in [0.25, 0.3) is 0 Å². The Kier molecular flexibility index (Phi) is 3.65. The first-order valence-electron chi connectivity index (χ1n) is 6.12. The summed E-state index contributed by atoms with van der Waals surface area (Å²) in [6, 6.07) is 3.73. The third-order valence-corrected chi connectivity index (χ3v) is 2.73. The molecule has 0 saturated heterocycles. The molecule has 0 atom stereocenters. The number of hydrogen-bond donors (Lipinski definition) is 0. The van der Waals surface area contributed by atoms with Gasteiger partial charge in [0, 0.05) is 24.9 Å². The highest BCUT2D eigenvalue weighted by Crippen LogP contribution is 2.15. The van der Waals surface area contributed by atoms with Gasteiger partial charge >= 0.3 is 0 Å². The van der Waals surface area contributed by atoms with Crippen LogP contribution in [0.4, 0.5) is 0 Å². The number of pyridine rings is 1. The van der Waals surface area contributed by atoms with Crippen molar-refractivity contribution in [1.82, 2.24) is 9.38 Å². The number of carbonyl (C=O) groups is 1. The van der Waals surface area contributed by atoms with Crippen molar-refractivity contribution >= 4 is 11.4 Å². The van der Waals surface area contributed by atoms with E-state index in [1.165, 1.54) is 0 Å². The van der Waals surface area contributed by atoms with E-state index in [0.29, 0.717) is 18.8 Å². The Morgan fingerprint density at radius 2 is 2.28 bits per heavy atom. The largest absolute Gasteiger partial charge is 0.497 e. The Bertz CT molecular complexity index is 558. The van der Waals surface area contributed by atoms with Crippen LogP contribution < -0.4 is 4.74 Å². The van der Waals surface area contributed by atoms with Gasteiger partial charge in [-0.25, -0.2) is 4.98 Å². The first-order valence-corrected chi connectivity index (χ1v) is 6.12. The van der Waals surface area contributed by atoms with Crippen molar-refractivity contribution in [3.05, 3.63) is 30.2 Å². The summed E-state index contributed by atoms with van der Waals surface area (Å²) in [4.78, 5) is 16.2. The summed E-state index contributed by atoms with van der Waals surface area (Å²) >= 11 is 0. The molecule has 0 aliphatic carbocycles. The summed E-state index contributed by atoms with van der Waals surface area (Å²) in [5, 5.41) is 0. The minimum Gasteiger partial charge on any atom is -0.497 e. The third kappa shape index (κ3) is 2.88. The van der Waals surface area contributed by atoms with Crippen LogP contribution in [0, 0.1) is 5.92 Å². The number of ketones is 1. The number of hydrogen-bond acceptors (Lipinski definition) is 3. The Balaban J connectivity index is 2.17. The summed E-state index contributed by atoms with van der Waals surface area (Å²) in [7, 11) is 1.63. The van der Waals surface area contributed by atoms with E-state index < -0.39 is 0 Å². The molecule has 0 unspecified atom stereocenters. The maximum absolute atomic E-state index is 11.7. The smallest absolute Gasteiger partial charge is 0.140 e. The molecule has 2 aromatic rings. The zero-order valence-corrected chi connectivity index (χ0v) is 11.0. The first kappa shape index (κ1) is 12.6. The van der Waals surface area contributed by atoms with Crippen LogP contribution in [0.5, 0.6) is 5.75 Å². The highest BCUT2D eigenvalue weighted by atomic mass is 16.5. The van der Waals surface area contributed by atoms with E-state index in [1.807, 2.05) is 42.8 Å².